The standard InChI is InChI=1S/C18H24O2/c1-2-20-18(19)17-12-16(17)15-10-8-14(9-11-15)13-6-4-3-5-7-13/h8-11,13,16-17H,2-7,12H2,1H3/t16-,17+/m0/s1. The van der Waals surface area contributed by atoms with Crippen LogP contribution in [0.2, 0.25) is 0 Å². The van der Waals surface area contributed by atoms with Crippen molar-refractivity contribution in [2.24, 2.45) is 5.92 Å². The van der Waals surface area contributed by atoms with Gasteiger partial charge in [-0.3, -0.25) is 4.79 Å². The molecule has 0 saturated heterocycles. The Hall–Kier alpha value is -1.31. The first-order valence-electron chi connectivity index (χ1n) is 8.06. The van der Waals surface area contributed by atoms with E-state index in [1.54, 1.807) is 0 Å². The summed E-state index contributed by atoms with van der Waals surface area (Å²) >= 11 is 0. The Labute approximate surface area is 121 Å². The Morgan fingerprint density at radius 3 is 2.40 bits per heavy atom. The molecule has 0 N–H and O–H groups in total. The van der Waals surface area contributed by atoms with E-state index in [2.05, 4.69) is 24.3 Å². The fourth-order valence-electron chi connectivity index (χ4n) is 3.52. The summed E-state index contributed by atoms with van der Waals surface area (Å²) < 4.78 is 5.10. The number of benzene rings is 1. The Balaban J connectivity index is 1.61. The summed E-state index contributed by atoms with van der Waals surface area (Å²) in [5.74, 6) is 1.25. The third-order valence-corrected chi connectivity index (χ3v) is 4.82. The fraction of sp³-hybridized carbons (Fsp3) is 0.611. The predicted molar refractivity (Wildman–Crippen MR) is 79.7 cm³/mol. The van der Waals surface area contributed by atoms with Crippen LogP contribution in [0.1, 0.15) is 68.4 Å². The molecule has 0 aliphatic heterocycles. The molecule has 0 unspecified atom stereocenters. The molecule has 0 spiro atoms. The minimum Gasteiger partial charge on any atom is -0.466 e. The molecule has 108 valence electrons. The molecule has 1 aromatic carbocycles. The lowest BCUT2D eigenvalue weighted by atomic mass is 9.84. The van der Waals surface area contributed by atoms with E-state index in [-0.39, 0.29) is 11.9 Å². The summed E-state index contributed by atoms with van der Waals surface area (Å²) in [6.07, 6.45) is 7.79. The van der Waals surface area contributed by atoms with E-state index < -0.39 is 0 Å². The van der Waals surface area contributed by atoms with E-state index in [1.165, 1.54) is 43.2 Å². The summed E-state index contributed by atoms with van der Waals surface area (Å²) in [5, 5.41) is 0. The molecule has 3 rings (SSSR count). The molecule has 0 bridgehead atoms. The minimum absolute atomic E-state index is 0.0196. The van der Waals surface area contributed by atoms with Crippen LogP contribution in [-0.4, -0.2) is 12.6 Å². The lowest BCUT2D eigenvalue weighted by Crippen LogP contribution is -2.07. The Kier molecular flexibility index (Phi) is 4.09. The largest absolute Gasteiger partial charge is 0.466 e. The molecular weight excluding hydrogens is 248 g/mol. The van der Waals surface area contributed by atoms with Gasteiger partial charge in [0.2, 0.25) is 0 Å². The predicted octanol–water partition coefficient (Wildman–Crippen LogP) is 4.40. The number of ether oxygens (including phenoxy) is 1. The first-order valence-corrected chi connectivity index (χ1v) is 8.06. The molecule has 0 amide bonds. The van der Waals surface area contributed by atoms with Gasteiger partial charge in [-0.1, -0.05) is 43.5 Å². The van der Waals surface area contributed by atoms with Gasteiger partial charge in [-0.05, 0) is 49.1 Å². The van der Waals surface area contributed by atoms with Crippen molar-refractivity contribution in [3.8, 4) is 0 Å². The van der Waals surface area contributed by atoms with Crippen LogP contribution in [0.5, 0.6) is 0 Å². The molecule has 2 heteroatoms. The van der Waals surface area contributed by atoms with Gasteiger partial charge in [-0.25, -0.2) is 0 Å². The van der Waals surface area contributed by atoms with Crippen LogP contribution in [-0.2, 0) is 9.53 Å². The van der Waals surface area contributed by atoms with Crippen molar-refractivity contribution in [2.45, 2.75) is 57.3 Å². The van der Waals surface area contributed by atoms with Gasteiger partial charge in [0.05, 0.1) is 12.5 Å². The lowest BCUT2D eigenvalue weighted by molar-refractivity contribution is -0.144. The van der Waals surface area contributed by atoms with Crippen molar-refractivity contribution in [1.82, 2.24) is 0 Å². The maximum atomic E-state index is 11.7. The van der Waals surface area contributed by atoms with E-state index in [4.69, 9.17) is 4.74 Å². The van der Waals surface area contributed by atoms with Crippen molar-refractivity contribution < 1.29 is 9.53 Å². The van der Waals surface area contributed by atoms with Crippen molar-refractivity contribution in [2.75, 3.05) is 6.61 Å². The third kappa shape index (κ3) is 2.89. The van der Waals surface area contributed by atoms with Crippen molar-refractivity contribution >= 4 is 5.97 Å². The van der Waals surface area contributed by atoms with Gasteiger partial charge in [0.15, 0.2) is 0 Å². The molecule has 2 fully saturated rings. The highest BCUT2D eigenvalue weighted by atomic mass is 16.5. The molecule has 2 saturated carbocycles. The Morgan fingerprint density at radius 1 is 1.10 bits per heavy atom. The van der Waals surface area contributed by atoms with Crippen LogP contribution < -0.4 is 0 Å². The maximum absolute atomic E-state index is 11.7. The number of hydrogen-bond acceptors (Lipinski definition) is 2. The second-order valence-corrected chi connectivity index (χ2v) is 6.20. The quantitative estimate of drug-likeness (QED) is 0.759. The van der Waals surface area contributed by atoms with E-state index in [9.17, 15) is 4.79 Å². The van der Waals surface area contributed by atoms with Gasteiger partial charge in [-0.2, -0.15) is 0 Å². The van der Waals surface area contributed by atoms with E-state index >= 15 is 0 Å². The Bertz CT molecular complexity index is 457. The Morgan fingerprint density at radius 2 is 1.75 bits per heavy atom. The van der Waals surface area contributed by atoms with Gasteiger partial charge in [-0.15, -0.1) is 0 Å². The number of carbonyl (C=O) groups is 1. The molecule has 0 heterocycles. The van der Waals surface area contributed by atoms with Gasteiger partial charge in [0.25, 0.3) is 0 Å². The average molecular weight is 272 g/mol. The zero-order valence-electron chi connectivity index (χ0n) is 12.3. The van der Waals surface area contributed by atoms with Crippen LogP contribution in [0.25, 0.3) is 0 Å². The smallest absolute Gasteiger partial charge is 0.309 e. The summed E-state index contributed by atoms with van der Waals surface area (Å²) in [6.45, 7) is 2.36. The molecule has 0 aromatic heterocycles. The van der Waals surface area contributed by atoms with Crippen LogP contribution in [0.3, 0.4) is 0 Å². The van der Waals surface area contributed by atoms with Crippen molar-refractivity contribution in [1.29, 1.82) is 0 Å². The normalized spacial score (nSPS) is 26.2. The number of carbonyl (C=O) groups excluding carboxylic acids is 1. The summed E-state index contributed by atoms with van der Waals surface area (Å²) in [5.41, 5.74) is 2.80. The van der Waals surface area contributed by atoms with Crippen molar-refractivity contribution in [3.05, 3.63) is 35.4 Å². The summed E-state index contributed by atoms with van der Waals surface area (Å²) in [4.78, 5) is 11.7. The molecule has 2 aliphatic carbocycles. The fourth-order valence-corrected chi connectivity index (χ4v) is 3.52. The molecule has 2 atom stereocenters. The van der Waals surface area contributed by atoms with Crippen LogP contribution in [0.4, 0.5) is 0 Å². The number of esters is 1. The number of rotatable bonds is 4. The van der Waals surface area contributed by atoms with Gasteiger partial charge in [0, 0.05) is 0 Å². The van der Waals surface area contributed by atoms with Gasteiger partial charge < -0.3 is 4.74 Å². The maximum Gasteiger partial charge on any atom is 0.309 e. The summed E-state index contributed by atoms with van der Waals surface area (Å²) in [6, 6.07) is 9.03. The second kappa shape index (κ2) is 5.99. The first kappa shape index (κ1) is 13.7. The monoisotopic (exact) mass is 272 g/mol. The van der Waals surface area contributed by atoms with E-state index in [0.29, 0.717) is 12.5 Å². The zero-order chi connectivity index (χ0) is 13.9. The van der Waals surface area contributed by atoms with Gasteiger partial charge >= 0.3 is 5.97 Å². The minimum atomic E-state index is -0.0196. The topological polar surface area (TPSA) is 26.3 Å². The highest BCUT2D eigenvalue weighted by Gasteiger charge is 2.45. The molecule has 0 radical (unpaired) electrons. The SMILES string of the molecule is CCOC(=O)[C@@H]1C[C@H]1c1ccc(C2CCCCC2)cc1. The molecule has 20 heavy (non-hydrogen) atoms. The lowest BCUT2D eigenvalue weighted by Gasteiger charge is -2.22. The van der Waals surface area contributed by atoms with E-state index in [1.807, 2.05) is 6.92 Å². The highest BCUT2D eigenvalue weighted by molar-refractivity contribution is 5.77. The second-order valence-electron chi connectivity index (χ2n) is 6.20. The molecule has 2 nitrogen and oxygen atoms in total. The van der Waals surface area contributed by atoms with Gasteiger partial charge in [0.1, 0.15) is 0 Å². The number of hydrogen-bond donors (Lipinski definition) is 0. The molecule has 2 aliphatic rings. The van der Waals surface area contributed by atoms with Crippen LogP contribution in [0, 0.1) is 5.92 Å². The van der Waals surface area contributed by atoms with Crippen LogP contribution in [0.15, 0.2) is 24.3 Å². The van der Waals surface area contributed by atoms with Crippen molar-refractivity contribution in [3.63, 3.8) is 0 Å². The molecular formula is C18H24O2. The van der Waals surface area contributed by atoms with E-state index in [0.717, 1.165) is 12.3 Å². The van der Waals surface area contributed by atoms with Crippen LogP contribution >= 0.6 is 0 Å². The third-order valence-electron chi connectivity index (χ3n) is 4.82. The highest BCUT2D eigenvalue weighted by Crippen LogP contribution is 2.48. The molecule has 1 aromatic rings. The average Bonchev–Trinajstić information content (AvgIpc) is 3.29. The first-order chi connectivity index (χ1) is 9.79. The zero-order valence-corrected chi connectivity index (χ0v) is 12.3. The summed E-state index contributed by atoms with van der Waals surface area (Å²) in [7, 11) is 0.